The summed E-state index contributed by atoms with van der Waals surface area (Å²) in [6, 6.07) is 61.5. The van der Waals surface area contributed by atoms with E-state index in [9.17, 15) is 0 Å². The molecule has 0 N–H and O–H groups in total. The average molecular weight is 561 g/mol. The summed E-state index contributed by atoms with van der Waals surface area (Å²) in [6.45, 7) is 0. The maximum atomic E-state index is 2.45. The SMILES string of the molecule is c1ccc(-c2ccc(N3c4ccccc4-c4ccccc4-c4cc5c(cc43)c3ccccc3n5-c3ccccc3)cc2)cc1. The second kappa shape index (κ2) is 9.86. The Bertz CT molecular complexity index is 2310. The lowest BCUT2D eigenvalue weighted by atomic mass is 9.94. The van der Waals surface area contributed by atoms with Gasteiger partial charge in [0.2, 0.25) is 0 Å². The minimum Gasteiger partial charge on any atom is -0.309 e. The fourth-order valence-corrected chi connectivity index (χ4v) is 6.95. The molecule has 2 heteroatoms. The number of benzene rings is 7. The van der Waals surface area contributed by atoms with Crippen molar-refractivity contribution in [2.45, 2.75) is 0 Å². The van der Waals surface area contributed by atoms with Gasteiger partial charge in [-0.1, -0.05) is 121 Å². The first-order valence-corrected chi connectivity index (χ1v) is 15.1. The fraction of sp³-hybridized carbons (Fsp3) is 0. The summed E-state index contributed by atoms with van der Waals surface area (Å²) in [5, 5.41) is 2.49. The summed E-state index contributed by atoms with van der Waals surface area (Å²) in [6.07, 6.45) is 0. The van der Waals surface area contributed by atoms with Gasteiger partial charge in [-0.25, -0.2) is 0 Å². The highest BCUT2D eigenvalue weighted by Gasteiger charge is 2.27. The van der Waals surface area contributed by atoms with Crippen molar-refractivity contribution in [2.75, 3.05) is 4.90 Å². The molecule has 206 valence electrons. The van der Waals surface area contributed by atoms with Crippen molar-refractivity contribution in [3.8, 4) is 39.1 Å². The minimum atomic E-state index is 1.14. The molecule has 0 spiro atoms. The van der Waals surface area contributed by atoms with Crippen molar-refractivity contribution >= 4 is 38.9 Å². The molecule has 0 atom stereocenters. The molecule has 1 aliphatic rings. The Labute approximate surface area is 256 Å². The first-order valence-electron chi connectivity index (χ1n) is 15.1. The van der Waals surface area contributed by atoms with Crippen LogP contribution < -0.4 is 4.90 Å². The molecule has 8 aromatic rings. The first kappa shape index (κ1) is 24.7. The molecule has 44 heavy (non-hydrogen) atoms. The van der Waals surface area contributed by atoms with Crippen LogP contribution in [0.1, 0.15) is 0 Å². The van der Waals surface area contributed by atoms with E-state index in [2.05, 4.69) is 179 Å². The molecular weight excluding hydrogens is 532 g/mol. The third kappa shape index (κ3) is 3.75. The van der Waals surface area contributed by atoms with Gasteiger partial charge in [0.15, 0.2) is 0 Å². The predicted molar refractivity (Wildman–Crippen MR) is 185 cm³/mol. The molecule has 7 aromatic carbocycles. The molecule has 2 heterocycles. The number of nitrogens with zero attached hydrogens (tertiary/aromatic N) is 2. The van der Waals surface area contributed by atoms with Crippen LogP contribution in [-0.2, 0) is 0 Å². The van der Waals surface area contributed by atoms with Crippen molar-refractivity contribution in [1.29, 1.82) is 0 Å². The second-order valence-electron chi connectivity index (χ2n) is 11.4. The van der Waals surface area contributed by atoms with Gasteiger partial charge in [-0.15, -0.1) is 0 Å². The Morgan fingerprint density at radius 3 is 1.68 bits per heavy atom. The monoisotopic (exact) mass is 560 g/mol. The quantitative estimate of drug-likeness (QED) is 0.209. The van der Waals surface area contributed by atoms with E-state index in [0.717, 1.165) is 11.4 Å². The number of fused-ring (bicyclic) bond motifs is 8. The highest BCUT2D eigenvalue weighted by molar-refractivity contribution is 6.14. The van der Waals surface area contributed by atoms with Crippen molar-refractivity contribution < 1.29 is 0 Å². The van der Waals surface area contributed by atoms with E-state index in [4.69, 9.17) is 0 Å². The first-order chi connectivity index (χ1) is 21.8. The zero-order chi connectivity index (χ0) is 29.0. The van der Waals surface area contributed by atoms with Crippen LogP contribution in [0.5, 0.6) is 0 Å². The van der Waals surface area contributed by atoms with Crippen LogP contribution in [0.25, 0.3) is 60.9 Å². The summed E-state index contributed by atoms with van der Waals surface area (Å²) in [4.78, 5) is 2.45. The average Bonchev–Trinajstić information content (AvgIpc) is 3.36. The number of rotatable bonds is 3. The number of aromatic nitrogens is 1. The molecule has 0 fully saturated rings. The maximum Gasteiger partial charge on any atom is 0.0548 e. The van der Waals surface area contributed by atoms with Gasteiger partial charge in [-0.05, 0) is 70.8 Å². The summed E-state index contributed by atoms with van der Waals surface area (Å²) < 4.78 is 2.41. The maximum absolute atomic E-state index is 2.45. The van der Waals surface area contributed by atoms with Crippen molar-refractivity contribution in [3.63, 3.8) is 0 Å². The van der Waals surface area contributed by atoms with Gasteiger partial charge < -0.3 is 9.47 Å². The van der Waals surface area contributed by atoms with E-state index in [1.54, 1.807) is 0 Å². The largest absolute Gasteiger partial charge is 0.309 e. The Kier molecular flexibility index (Phi) is 5.54. The normalized spacial score (nSPS) is 12.0. The van der Waals surface area contributed by atoms with Crippen LogP contribution in [0.4, 0.5) is 17.1 Å². The van der Waals surface area contributed by atoms with E-state index >= 15 is 0 Å². The second-order valence-corrected chi connectivity index (χ2v) is 11.4. The minimum absolute atomic E-state index is 1.14. The highest BCUT2D eigenvalue weighted by Crippen LogP contribution is 2.52. The van der Waals surface area contributed by atoms with E-state index in [1.165, 1.54) is 66.6 Å². The molecule has 0 radical (unpaired) electrons. The van der Waals surface area contributed by atoms with Crippen LogP contribution in [0.2, 0.25) is 0 Å². The van der Waals surface area contributed by atoms with Crippen LogP contribution in [0.15, 0.2) is 170 Å². The molecule has 1 aromatic heterocycles. The summed E-state index contributed by atoms with van der Waals surface area (Å²) in [5.41, 5.74) is 14.4. The molecular formula is C42H28N2. The van der Waals surface area contributed by atoms with E-state index < -0.39 is 0 Å². The van der Waals surface area contributed by atoms with Gasteiger partial charge in [0, 0.05) is 33.3 Å². The molecule has 0 unspecified atom stereocenters. The van der Waals surface area contributed by atoms with Gasteiger partial charge in [0.25, 0.3) is 0 Å². The predicted octanol–water partition coefficient (Wildman–Crippen LogP) is 11.6. The van der Waals surface area contributed by atoms with Gasteiger partial charge in [-0.2, -0.15) is 0 Å². The third-order valence-corrected chi connectivity index (χ3v) is 8.93. The molecule has 1 aliphatic heterocycles. The zero-order valence-corrected chi connectivity index (χ0v) is 24.1. The number of para-hydroxylation sites is 3. The Morgan fingerprint density at radius 1 is 0.318 bits per heavy atom. The van der Waals surface area contributed by atoms with Crippen LogP contribution in [0.3, 0.4) is 0 Å². The summed E-state index contributed by atoms with van der Waals surface area (Å²) in [7, 11) is 0. The summed E-state index contributed by atoms with van der Waals surface area (Å²) in [5.74, 6) is 0. The van der Waals surface area contributed by atoms with Gasteiger partial charge in [0.1, 0.15) is 0 Å². The molecule has 9 rings (SSSR count). The number of anilines is 3. The Hall–Kier alpha value is -5.86. The standard InChI is InChI=1S/C42H28N2/c1-3-13-29(14-4-1)30-23-25-32(26-24-30)44-39-21-11-9-19-35(39)33-17-7-8-18-34(33)37-27-42-38(28-41(37)44)36-20-10-12-22-40(36)43(42)31-15-5-2-6-16-31/h1-28H. The van der Waals surface area contributed by atoms with E-state index in [0.29, 0.717) is 0 Å². The fourth-order valence-electron chi connectivity index (χ4n) is 6.95. The van der Waals surface area contributed by atoms with Crippen LogP contribution in [0, 0.1) is 0 Å². The number of hydrogen-bond donors (Lipinski definition) is 0. The van der Waals surface area contributed by atoms with Gasteiger partial charge in [0.05, 0.1) is 22.4 Å². The van der Waals surface area contributed by atoms with Crippen molar-refractivity contribution in [3.05, 3.63) is 170 Å². The molecule has 0 saturated carbocycles. The lowest BCUT2D eigenvalue weighted by molar-refractivity contribution is 1.18. The Morgan fingerprint density at radius 2 is 0.909 bits per heavy atom. The molecule has 0 saturated heterocycles. The zero-order valence-electron chi connectivity index (χ0n) is 24.1. The lowest BCUT2D eigenvalue weighted by Crippen LogP contribution is -2.11. The van der Waals surface area contributed by atoms with Gasteiger partial charge in [-0.3, -0.25) is 0 Å². The van der Waals surface area contributed by atoms with Crippen LogP contribution in [-0.4, -0.2) is 4.57 Å². The molecule has 0 bridgehead atoms. The van der Waals surface area contributed by atoms with E-state index in [1.807, 2.05) is 0 Å². The Balaban J connectivity index is 1.37. The van der Waals surface area contributed by atoms with E-state index in [-0.39, 0.29) is 0 Å². The topological polar surface area (TPSA) is 8.17 Å². The molecule has 0 aliphatic carbocycles. The van der Waals surface area contributed by atoms with Crippen molar-refractivity contribution in [1.82, 2.24) is 4.57 Å². The molecule has 2 nitrogen and oxygen atoms in total. The third-order valence-electron chi connectivity index (χ3n) is 8.93. The number of hydrogen-bond acceptors (Lipinski definition) is 1. The summed E-state index contributed by atoms with van der Waals surface area (Å²) >= 11 is 0. The van der Waals surface area contributed by atoms with Crippen LogP contribution >= 0.6 is 0 Å². The van der Waals surface area contributed by atoms with Gasteiger partial charge >= 0.3 is 0 Å². The highest BCUT2D eigenvalue weighted by atomic mass is 15.2. The van der Waals surface area contributed by atoms with Crippen molar-refractivity contribution in [2.24, 2.45) is 0 Å². The lowest BCUT2D eigenvalue weighted by Gasteiger charge is -2.27. The molecule has 0 amide bonds. The smallest absolute Gasteiger partial charge is 0.0548 e.